The smallest absolute Gasteiger partial charge is 0.248 e. The molecule has 1 aromatic heterocycles. The molecule has 0 aliphatic heterocycles. The van der Waals surface area contributed by atoms with E-state index in [1.165, 1.54) is 13.0 Å². The monoisotopic (exact) mass is 332 g/mol. The lowest BCUT2D eigenvalue weighted by Crippen LogP contribution is -2.08. The van der Waals surface area contributed by atoms with Crippen LogP contribution in [0.4, 0.5) is 11.4 Å². The van der Waals surface area contributed by atoms with Crippen LogP contribution in [0.2, 0.25) is 5.15 Å². The van der Waals surface area contributed by atoms with Crippen LogP contribution < -0.4 is 10.6 Å². The number of hydrogen-bond acceptors (Lipinski definition) is 3. The number of nitrogens with zero attached hydrogens (tertiary/aromatic N) is 2. The van der Waals surface area contributed by atoms with Gasteiger partial charge >= 0.3 is 0 Å². The number of amides is 2. The second-order valence-corrected chi connectivity index (χ2v) is 5.35. The van der Waals surface area contributed by atoms with Crippen molar-refractivity contribution in [2.45, 2.75) is 13.8 Å². The van der Waals surface area contributed by atoms with Gasteiger partial charge in [-0.15, -0.1) is 0 Å². The fraction of sp³-hybridized carbons (Fsp3) is 0.188. The lowest BCUT2D eigenvalue weighted by Gasteiger charge is -2.05. The molecule has 0 bridgehead atoms. The van der Waals surface area contributed by atoms with E-state index < -0.39 is 0 Å². The minimum absolute atomic E-state index is 0.145. The molecule has 0 unspecified atom stereocenters. The molecule has 1 heterocycles. The van der Waals surface area contributed by atoms with Crippen LogP contribution in [0, 0.1) is 6.92 Å². The van der Waals surface area contributed by atoms with Crippen LogP contribution in [0.25, 0.3) is 6.08 Å². The van der Waals surface area contributed by atoms with Gasteiger partial charge in [0.1, 0.15) is 5.15 Å². The zero-order valence-electron chi connectivity index (χ0n) is 13.1. The minimum atomic E-state index is -0.281. The average Bonchev–Trinajstić information content (AvgIpc) is 2.72. The molecule has 2 amide bonds. The summed E-state index contributed by atoms with van der Waals surface area (Å²) in [5.41, 5.74) is 2.76. The van der Waals surface area contributed by atoms with Crippen molar-refractivity contribution in [1.82, 2.24) is 9.78 Å². The fourth-order valence-electron chi connectivity index (χ4n) is 2.02. The first-order valence-electron chi connectivity index (χ1n) is 6.92. The number of halogens is 1. The highest BCUT2D eigenvalue weighted by Crippen LogP contribution is 2.20. The van der Waals surface area contributed by atoms with Gasteiger partial charge in [-0.2, -0.15) is 5.10 Å². The highest BCUT2D eigenvalue weighted by molar-refractivity contribution is 6.31. The molecule has 2 N–H and O–H groups in total. The Hall–Kier alpha value is -2.60. The first-order chi connectivity index (χ1) is 10.9. The van der Waals surface area contributed by atoms with Crippen molar-refractivity contribution in [1.29, 1.82) is 0 Å². The third-order valence-corrected chi connectivity index (χ3v) is 3.52. The lowest BCUT2D eigenvalue weighted by molar-refractivity contribution is -0.114. The van der Waals surface area contributed by atoms with Gasteiger partial charge < -0.3 is 10.6 Å². The fourth-order valence-corrected chi connectivity index (χ4v) is 2.26. The van der Waals surface area contributed by atoms with E-state index in [4.69, 9.17) is 11.6 Å². The number of aryl methyl sites for hydroxylation is 2. The van der Waals surface area contributed by atoms with Gasteiger partial charge in [0.25, 0.3) is 0 Å². The van der Waals surface area contributed by atoms with E-state index in [9.17, 15) is 9.59 Å². The van der Waals surface area contributed by atoms with Gasteiger partial charge in [-0.3, -0.25) is 14.3 Å². The number of rotatable bonds is 4. The quantitative estimate of drug-likeness (QED) is 0.845. The van der Waals surface area contributed by atoms with Crippen molar-refractivity contribution in [2.75, 3.05) is 10.6 Å². The molecule has 0 saturated heterocycles. The molecule has 1 aromatic carbocycles. The summed E-state index contributed by atoms with van der Waals surface area (Å²) in [5.74, 6) is -0.426. The Labute approximate surface area is 139 Å². The second kappa shape index (κ2) is 7.11. The molecular weight excluding hydrogens is 316 g/mol. The Bertz CT molecular complexity index is 763. The van der Waals surface area contributed by atoms with E-state index >= 15 is 0 Å². The highest BCUT2D eigenvalue weighted by Gasteiger charge is 2.08. The van der Waals surface area contributed by atoms with E-state index in [1.54, 1.807) is 42.1 Å². The van der Waals surface area contributed by atoms with Gasteiger partial charge in [0, 0.05) is 37.0 Å². The van der Waals surface area contributed by atoms with Gasteiger partial charge in [0.15, 0.2) is 0 Å². The van der Waals surface area contributed by atoms with Crippen molar-refractivity contribution >= 4 is 40.9 Å². The topological polar surface area (TPSA) is 76.0 Å². The van der Waals surface area contributed by atoms with Crippen LogP contribution >= 0.6 is 11.6 Å². The molecule has 2 aromatic rings. The number of anilines is 2. The van der Waals surface area contributed by atoms with Crippen molar-refractivity contribution in [3.05, 3.63) is 46.8 Å². The number of carbonyl (C=O) groups excluding carboxylic acids is 2. The van der Waals surface area contributed by atoms with E-state index in [1.807, 2.05) is 6.92 Å². The van der Waals surface area contributed by atoms with Gasteiger partial charge in [-0.1, -0.05) is 11.6 Å². The maximum atomic E-state index is 11.9. The van der Waals surface area contributed by atoms with Crippen LogP contribution in [0.5, 0.6) is 0 Å². The standard InChI is InChI=1S/C16H17ClN4O2/c1-10-14(16(17)21(3)20-10)8-9-15(23)19-13-6-4-12(5-7-13)18-11(2)22/h4-9H,1-3H3,(H,18,22)(H,19,23)/b9-8+. The van der Waals surface area contributed by atoms with Crippen LogP contribution in [-0.2, 0) is 16.6 Å². The third-order valence-electron chi connectivity index (χ3n) is 3.07. The predicted octanol–water partition coefficient (Wildman–Crippen LogP) is 2.99. The summed E-state index contributed by atoms with van der Waals surface area (Å²) in [6.45, 7) is 3.26. The minimum Gasteiger partial charge on any atom is -0.326 e. The molecule has 0 fully saturated rings. The molecule has 0 spiro atoms. The Kier molecular flexibility index (Phi) is 5.18. The molecule has 0 saturated carbocycles. The third kappa shape index (κ3) is 4.43. The van der Waals surface area contributed by atoms with E-state index in [0.29, 0.717) is 22.1 Å². The summed E-state index contributed by atoms with van der Waals surface area (Å²) < 4.78 is 1.55. The molecule has 23 heavy (non-hydrogen) atoms. The zero-order valence-corrected chi connectivity index (χ0v) is 13.8. The lowest BCUT2D eigenvalue weighted by atomic mass is 10.2. The Balaban J connectivity index is 2.01. The van der Waals surface area contributed by atoms with Crippen LogP contribution in [0.3, 0.4) is 0 Å². The number of nitrogens with one attached hydrogen (secondary N) is 2. The summed E-state index contributed by atoms with van der Waals surface area (Å²) in [6, 6.07) is 6.84. The van der Waals surface area contributed by atoms with Crippen molar-refractivity contribution < 1.29 is 9.59 Å². The van der Waals surface area contributed by atoms with Gasteiger partial charge in [0.2, 0.25) is 11.8 Å². The summed E-state index contributed by atoms with van der Waals surface area (Å²) in [4.78, 5) is 22.9. The van der Waals surface area contributed by atoms with Gasteiger partial charge in [-0.25, -0.2) is 0 Å². The Morgan fingerprint density at radius 3 is 2.22 bits per heavy atom. The van der Waals surface area contributed by atoms with E-state index in [-0.39, 0.29) is 11.8 Å². The van der Waals surface area contributed by atoms with Crippen LogP contribution in [0.1, 0.15) is 18.2 Å². The molecule has 7 heteroatoms. The molecule has 2 rings (SSSR count). The van der Waals surface area contributed by atoms with Crippen LogP contribution in [-0.4, -0.2) is 21.6 Å². The van der Waals surface area contributed by atoms with Gasteiger partial charge in [-0.05, 0) is 37.3 Å². The van der Waals surface area contributed by atoms with Gasteiger partial charge in [0.05, 0.1) is 5.69 Å². The van der Waals surface area contributed by atoms with Crippen molar-refractivity contribution in [3.63, 3.8) is 0 Å². The Morgan fingerprint density at radius 1 is 1.17 bits per heavy atom. The first kappa shape index (κ1) is 16.8. The van der Waals surface area contributed by atoms with Crippen molar-refractivity contribution in [2.24, 2.45) is 7.05 Å². The average molecular weight is 333 g/mol. The molecular formula is C16H17ClN4O2. The van der Waals surface area contributed by atoms with E-state index in [0.717, 1.165) is 5.69 Å². The number of hydrogen-bond donors (Lipinski definition) is 2. The molecule has 0 radical (unpaired) electrons. The Morgan fingerprint density at radius 2 is 1.74 bits per heavy atom. The molecule has 6 nitrogen and oxygen atoms in total. The molecule has 120 valence electrons. The number of carbonyl (C=O) groups is 2. The predicted molar refractivity (Wildman–Crippen MR) is 91.4 cm³/mol. The molecule has 0 aliphatic rings. The summed E-state index contributed by atoms with van der Waals surface area (Å²) in [7, 11) is 1.74. The summed E-state index contributed by atoms with van der Waals surface area (Å²) in [5, 5.41) is 10.0. The normalized spacial score (nSPS) is 10.8. The SMILES string of the molecule is CC(=O)Nc1ccc(NC(=O)/C=C/c2c(C)nn(C)c2Cl)cc1. The van der Waals surface area contributed by atoms with E-state index in [2.05, 4.69) is 15.7 Å². The number of benzene rings is 1. The second-order valence-electron chi connectivity index (χ2n) is 4.99. The maximum Gasteiger partial charge on any atom is 0.248 e. The summed E-state index contributed by atoms with van der Waals surface area (Å²) >= 11 is 6.10. The summed E-state index contributed by atoms with van der Waals surface area (Å²) in [6.07, 6.45) is 3.03. The number of aromatic nitrogens is 2. The van der Waals surface area contributed by atoms with Crippen LogP contribution in [0.15, 0.2) is 30.3 Å². The molecule has 0 atom stereocenters. The highest BCUT2D eigenvalue weighted by atomic mass is 35.5. The maximum absolute atomic E-state index is 11.9. The van der Waals surface area contributed by atoms with Crippen molar-refractivity contribution in [3.8, 4) is 0 Å². The largest absolute Gasteiger partial charge is 0.326 e. The zero-order chi connectivity index (χ0) is 17.0. The molecule has 0 aliphatic carbocycles. The first-order valence-corrected chi connectivity index (χ1v) is 7.30.